The van der Waals surface area contributed by atoms with Crippen LogP contribution in [0.4, 0.5) is 0 Å². The number of aryl methyl sites for hydroxylation is 3. The second-order valence-electron chi connectivity index (χ2n) is 6.64. The summed E-state index contributed by atoms with van der Waals surface area (Å²) in [7, 11) is 0. The molecule has 136 valence electrons. The average molecular weight is 361 g/mol. The summed E-state index contributed by atoms with van der Waals surface area (Å²) in [6, 6.07) is 12.9. The molecule has 0 atom stereocenters. The van der Waals surface area contributed by atoms with E-state index in [1.807, 2.05) is 57.2 Å². The first-order valence-corrected chi connectivity index (χ1v) is 8.81. The van der Waals surface area contributed by atoms with Gasteiger partial charge in [-0.15, -0.1) is 0 Å². The molecule has 5 nitrogen and oxygen atoms in total. The van der Waals surface area contributed by atoms with Crippen LogP contribution in [0.25, 0.3) is 21.9 Å². The van der Waals surface area contributed by atoms with Gasteiger partial charge in [0.1, 0.15) is 11.2 Å². The predicted octanol–water partition coefficient (Wildman–Crippen LogP) is 4.95. The summed E-state index contributed by atoms with van der Waals surface area (Å²) in [5.74, 6) is 0.482. The van der Waals surface area contributed by atoms with E-state index in [0.29, 0.717) is 29.1 Å². The monoisotopic (exact) mass is 361 g/mol. The van der Waals surface area contributed by atoms with Gasteiger partial charge in [-0.3, -0.25) is 0 Å². The lowest BCUT2D eigenvalue weighted by atomic mass is 9.99. The molecule has 0 aliphatic carbocycles. The third kappa shape index (κ3) is 2.72. The second kappa shape index (κ2) is 6.43. The molecule has 0 spiro atoms. The number of furan rings is 1. The Morgan fingerprint density at radius 1 is 1.07 bits per heavy atom. The SMILES string of the molecule is CCc1c(/C(=N\O)c2ccc(C)cc2)oc2ccc3c(C)cc(=O)oc3c12. The van der Waals surface area contributed by atoms with Gasteiger partial charge in [-0.2, -0.15) is 0 Å². The van der Waals surface area contributed by atoms with Crippen molar-refractivity contribution in [2.24, 2.45) is 5.16 Å². The summed E-state index contributed by atoms with van der Waals surface area (Å²) in [6.07, 6.45) is 0.629. The summed E-state index contributed by atoms with van der Waals surface area (Å²) in [5.41, 5.74) is 4.61. The highest BCUT2D eigenvalue weighted by Gasteiger charge is 2.23. The minimum atomic E-state index is -0.396. The molecule has 2 aromatic heterocycles. The molecule has 0 saturated heterocycles. The normalized spacial score (nSPS) is 12.2. The molecule has 0 aliphatic heterocycles. The maximum atomic E-state index is 11.9. The van der Waals surface area contributed by atoms with Crippen LogP contribution < -0.4 is 5.63 Å². The number of fused-ring (bicyclic) bond motifs is 3. The number of rotatable bonds is 3. The zero-order valence-corrected chi connectivity index (χ0v) is 15.4. The zero-order valence-electron chi connectivity index (χ0n) is 15.4. The molecule has 0 bridgehead atoms. The van der Waals surface area contributed by atoms with Crippen molar-refractivity contribution < 1.29 is 14.0 Å². The van der Waals surface area contributed by atoms with Crippen LogP contribution in [-0.2, 0) is 6.42 Å². The number of nitrogens with zero attached hydrogens (tertiary/aromatic N) is 1. The molecular formula is C22H19NO4. The van der Waals surface area contributed by atoms with Gasteiger partial charge in [0.2, 0.25) is 0 Å². The molecule has 27 heavy (non-hydrogen) atoms. The molecule has 0 aliphatic rings. The van der Waals surface area contributed by atoms with E-state index in [1.54, 1.807) is 0 Å². The predicted molar refractivity (Wildman–Crippen MR) is 105 cm³/mol. The fraction of sp³-hybridized carbons (Fsp3) is 0.182. The van der Waals surface area contributed by atoms with Crippen LogP contribution in [0.3, 0.4) is 0 Å². The summed E-state index contributed by atoms with van der Waals surface area (Å²) in [6.45, 7) is 5.87. The maximum absolute atomic E-state index is 11.9. The van der Waals surface area contributed by atoms with E-state index in [2.05, 4.69) is 5.16 Å². The standard InChI is InChI=1S/C22H19NO4/c1-4-15-19-17(10-9-16-13(3)11-18(24)27-21(16)19)26-22(15)20(23-25)14-7-5-12(2)6-8-14/h5-11,25H,4H2,1-3H3/b23-20-. The second-order valence-corrected chi connectivity index (χ2v) is 6.64. The highest BCUT2D eigenvalue weighted by Crippen LogP contribution is 2.34. The first kappa shape index (κ1) is 17.1. The topological polar surface area (TPSA) is 75.9 Å². The van der Waals surface area contributed by atoms with E-state index in [1.165, 1.54) is 6.07 Å². The number of oxime groups is 1. The molecule has 2 heterocycles. The first-order valence-electron chi connectivity index (χ1n) is 8.81. The first-order chi connectivity index (χ1) is 13.0. The Hall–Kier alpha value is -3.34. The summed E-state index contributed by atoms with van der Waals surface area (Å²) in [5, 5.41) is 14.8. The van der Waals surface area contributed by atoms with Crippen LogP contribution in [0.2, 0.25) is 0 Å². The van der Waals surface area contributed by atoms with Gasteiger partial charge in [0, 0.05) is 22.6 Å². The van der Waals surface area contributed by atoms with Gasteiger partial charge in [-0.25, -0.2) is 4.79 Å². The summed E-state index contributed by atoms with van der Waals surface area (Å²) < 4.78 is 11.6. The number of hydrogen-bond donors (Lipinski definition) is 1. The fourth-order valence-electron chi connectivity index (χ4n) is 3.50. The number of benzene rings is 2. The Morgan fingerprint density at radius 3 is 2.48 bits per heavy atom. The van der Waals surface area contributed by atoms with Crippen LogP contribution in [0.1, 0.15) is 34.9 Å². The lowest BCUT2D eigenvalue weighted by molar-refractivity contribution is 0.318. The van der Waals surface area contributed by atoms with Crippen molar-refractivity contribution in [3.8, 4) is 0 Å². The van der Waals surface area contributed by atoms with E-state index in [9.17, 15) is 10.0 Å². The Morgan fingerprint density at radius 2 is 1.81 bits per heavy atom. The third-order valence-electron chi connectivity index (χ3n) is 4.86. The molecule has 0 unspecified atom stereocenters. The fourth-order valence-corrected chi connectivity index (χ4v) is 3.50. The van der Waals surface area contributed by atoms with Crippen molar-refractivity contribution in [3.63, 3.8) is 0 Å². The minimum Gasteiger partial charge on any atom is -0.454 e. The van der Waals surface area contributed by atoms with Gasteiger partial charge >= 0.3 is 5.63 Å². The molecule has 0 saturated carbocycles. The highest BCUT2D eigenvalue weighted by atomic mass is 16.4. The Labute approximate surface area is 155 Å². The molecule has 4 rings (SSSR count). The summed E-state index contributed by atoms with van der Waals surface area (Å²) in [4.78, 5) is 11.9. The zero-order chi connectivity index (χ0) is 19.1. The van der Waals surface area contributed by atoms with Crippen molar-refractivity contribution >= 4 is 27.7 Å². The molecule has 0 radical (unpaired) electrons. The smallest absolute Gasteiger partial charge is 0.336 e. The van der Waals surface area contributed by atoms with E-state index in [4.69, 9.17) is 8.83 Å². The van der Waals surface area contributed by atoms with Crippen LogP contribution >= 0.6 is 0 Å². The highest BCUT2D eigenvalue weighted by molar-refractivity contribution is 6.16. The van der Waals surface area contributed by atoms with Gasteiger partial charge in [0.05, 0.1) is 5.39 Å². The van der Waals surface area contributed by atoms with Gasteiger partial charge in [0.25, 0.3) is 0 Å². The van der Waals surface area contributed by atoms with Crippen molar-refractivity contribution in [2.45, 2.75) is 27.2 Å². The quantitative estimate of drug-likeness (QED) is 0.243. The van der Waals surface area contributed by atoms with Crippen molar-refractivity contribution in [2.75, 3.05) is 0 Å². The lowest BCUT2D eigenvalue weighted by Crippen LogP contribution is -2.05. The van der Waals surface area contributed by atoms with E-state index >= 15 is 0 Å². The van der Waals surface area contributed by atoms with E-state index < -0.39 is 5.63 Å². The van der Waals surface area contributed by atoms with Crippen LogP contribution in [0.5, 0.6) is 0 Å². The van der Waals surface area contributed by atoms with E-state index in [-0.39, 0.29) is 0 Å². The van der Waals surface area contributed by atoms with Crippen molar-refractivity contribution in [1.82, 2.24) is 0 Å². The van der Waals surface area contributed by atoms with E-state index in [0.717, 1.165) is 33.0 Å². The Bertz CT molecular complexity index is 1240. The number of hydrogen-bond acceptors (Lipinski definition) is 5. The Kier molecular flexibility index (Phi) is 4.07. The van der Waals surface area contributed by atoms with Crippen molar-refractivity contribution in [1.29, 1.82) is 0 Å². The maximum Gasteiger partial charge on any atom is 0.336 e. The molecule has 2 aromatic carbocycles. The molecule has 0 fully saturated rings. The third-order valence-corrected chi connectivity index (χ3v) is 4.86. The van der Waals surface area contributed by atoms with Gasteiger partial charge in [-0.05, 0) is 38.0 Å². The summed E-state index contributed by atoms with van der Waals surface area (Å²) >= 11 is 0. The molecule has 1 N–H and O–H groups in total. The van der Waals surface area contributed by atoms with Gasteiger partial charge in [0.15, 0.2) is 11.5 Å². The molecule has 5 heteroatoms. The lowest BCUT2D eigenvalue weighted by Gasteiger charge is -2.05. The average Bonchev–Trinajstić information content (AvgIpc) is 3.02. The van der Waals surface area contributed by atoms with Crippen LogP contribution in [-0.4, -0.2) is 10.9 Å². The molecule has 4 aromatic rings. The Balaban J connectivity index is 2.06. The molecular weight excluding hydrogens is 342 g/mol. The van der Waals surface area contributed by atoms with Crippen LogP contribution in [0.15, 0.2) is 61.2 Å². The minimum absolute atomic E-state index is 0.353. The van der Waals surface area contributed by atoms with Gasteiger partial charge < -0.3 is 14.0 Å². The molecule has 0 amide bonds. The van der Waals surface area contributed by atoms with Crippen LogP contribution in [0, 0.1) is 13.8 Å². The van der Waals surface area contributed by atoms with Gasteiger partial charge in [-0.1, -0.05) is 41.9 Å². The largest absolute Gasteiger partial charge is 0.454 e. The van der Waals surface area contributed by atoms with Crippen molar-refractivity contribution in [3.05, 3.63) is 80.9 Å².